The second-order valence-corrected chi connectivity index (χ2v) is 5.61. The molecular weight excluding hydrogens is 260 g/mol. The molecule has 20 heavy (non-hydrogen) atoms. The maximum atomic E-state index is 12.2. The van der Waals surface area contributed by atoms with Gasteiger partial charge in [0.15, 0.2) is 0 Å². The van der Waals surface area contributed by atoms with E-state index in [2.05, 4.69) is 15.3 Å². The minimum absolute atomic E-state index is 0.211. The molecule has 2 amide bonds. The highest BCUT2D eigenvalue weighted by Crippen LogP contribution is 2.37. The number of carbonyl (C=O) groups excluding carboxylic acids is 1. The SMILES string of the molecule is O=C(O)[C@@H](Cc1cnc[nH]1)NC(=O)N1CC2CCC1C2. The summed E-state index contributed by atoms with van der Waals surface area (Å²) in [7, 11) is 0. The zero-order chi connectivity index (χ0) is 14.1. The summed E-state index contributed by atoms with van der Waals surface area (Å²) in [5, 5.41) is 11.8. The normalized spacial score (nSPS) is 25.7. The highest BCUT2D eigenvalue weighted by molar-refractivity contribution is 5.83. The molecule has 2 heterocycles. The number of hydrogen-bond donors (Lipinski definition) is 3. The molecule has 2 fully saturated rings. The van der Waals surface area contributed by atoms with Crippen LogP contribution < -0.4 is 5.32 Å². The Hall–Kier alpha value is -2.05. The highest BCUT2D eigenvalue weighted by Gasteiger charge is 2.41. The lowest BCUT2D eigenvalue weighted by molar-refractivity contribution is -0.139. The van der Waals surface area contributed by atoms with E-state index in [1.165, 1.54) is 12.7 Å². The molecule has 3 atom stereocenters. The number of hydrogen-bond acceptors (Lipinski definition) is 3. The van der Waals surface area contributed by atoms with Gasteiger partial charge in [0.1, 0.15) is 6.04 Å². The Bertz CT molecular complexity index is 502. The Labute approximate surface area is 116 Å². The summed E-state index contributed by atoms with van der Waals surface area (Å²) in [5.74, 6) is -0.432. The molecule has 2 bridgehead atoms. The van der Waals surface area contributed by atoms with E-state index in [1.807, 2.05) is 0 Å². The second-order valence-electron chi connectivity index (χ2n) is 5.61. The Kier molecular flexibility index (Phi) is 3.33. The molecule has 1 aliphatic carbocycles. The van der Waals surface area contributed by atoms with Crippen LogP contribution in [0.4, 0.5) is 4.79 Å². The molecule has 1 aromatic heterocycles. The quantitative estimate of drug-likeness (QED) is 0.751. The van der Waals surface area contributed by atoms with Crippen molar-refractivity contribution >= 4 is 12.0 Å². The van der Waals surface area contributed by atoms with Gasteiger partial charge < -0.3 is 20.3 Å². The third kappa shape index (κ3) is 2.48. The van der Waals surface area contributed by atoms with Gasteiger partial charge in [0, 0.05) is 30.9 Å². The average molecular weight is 278 g/mol. The van der Waals surface area contributed by atoms with Crippen LogP contribution in [0.25, 0.3) is 0 Å². The van der Waals surface area contributed by atoms with Gasteiger partial charge in [-0.25, -0.2) is 14.6 Å². The van der Waals surface area contributed by atoms with Crippen molar-refractivity contribution in [2.24, 2.45) is 5.92 Å². The van der Waals surface area contributed by atoms with Crippen LogP contribution in [0.15, 0.2) is 12.5 Å². The molecule has 0 spiro atoms. The summed E-state index contributed by atoms with van der Waals surface area (Å²) < 4.78 is 0. The molecule has 7 nitrogen and oxygen atoms in total. The van der Waals surface area contributed by atoms with E-state index in [-0.39, 0.29) is 12.5 Å². The fourth-order valence-corrected chi connectivity index (χ4v) is 3.22. The van der Waals surface area contributed by atoms with E-state index >= 15 is 0 Å². The number of carboxylic acids is 1. The molecule has 108 valence electrons. The number of aromatic nitrogens is 2. The minimum Gasteiger partial charge on any atom is -0.480 e. The lowest BCUT2D eigenvalue weighted by atomic mass is 10.1. The number of likely N-dealkylation sites (tertiary alicyclic amines) is 1. The monoisotopic (exact) mass is 278 g/mol. The van der Waals surface area contributed by atoms with E-state index in [0.29, 0.717) is 17.7 Å². The number of nitrogens with one attached hydrogen (secondary N) is 2. The first-order valence-corrected chi connectivity index (χ1v) is 6.90. The van der Waals surface area contributed by atoms with Crippen LogP contribution in [0.3, 0.4) is 0 Å². The zero-order valence-corrected chi connectivity index (χ0v) is 11.1. The van der Waals surface area contributed by atoms with Crippen LogP contribution >= 0.6 is 0 Å². The summed E-state index contributed by atoms with van der Waals surface area (Å²) in [5.41, 5.74) is 0.695. The fraction of sp³-hybridized carbons (Fsp3) is 0.615. The predicted molar refractivity (Wildman–Crippen MR) is 70.1 cm³/mol. The van der Waals surface area contributed by atoms with Crippen molar-refractivity contribution in [3.05, 3.63) is 18.2 Å². The van der Waals surface area contributed by atoms with Gasteiger partial charge in [-0.1, -0.05) is 0 Å². The summed E-state index contributed by atoms with van der Waals surface area (Å²) in [6.07, 6.45) is 6.56. The van der Waals surface area contributed by atoms with Crippen LogP contribution in [-0.4, -0.2) is 50.6 Å². The van der Waals surface area contributed by atoms with Crippen LogP contribution in [0.5, 0.6) is 0 Å². The number of urea groups is 1. The number of carbonyl (C=O) groups is 2. The van der Waals surface area contributed by atoms with E-state index < -0.39 is 12.0 Å². The first kappa shape index (κ1) is 13.0. The van der Waals surface area contributed by atoms with Gasteiger partial charge in [0.2, 0.25) is 0 Å². The topological polar surface area (TPSA) is 98.3 Å². The van der Waals surface area contributed by atoms with Gasteiger partial charge in [-0.3, -0.25) is 0 Å². The Morgan fingerprint density at radius 3 is 2.95 bits per heavy atom. The van der Waals surface area contributed by atoms with Crippen LogP contribution in [-0.2, 0) is 11.2 Å². The number of piperidine rings is 1. The van der Waals surface area contributed by atoms with Gasteiger partial charge in [-0.15, -0.1) is 0 Å². The molecule has 3 rings (SSSR count). The van der Waals surface area contributed by atoms with Crippen molar-refractivity contribution in [1.82, 2.24) is 20.2 Å². The molecular formula is C13H18N4O3. The first-order chi connectivity index (χ1) is 9.63. The maximum absolute atomic E-state index is 12.2. The Morgan fingerprint density at radius 1 is 1.55 bits per heavy atom. The molecule has 0 aromatic carbocycles. The number of fused-ring (bicyclic) bond motifs is 2. The molecule has 1 aliphatic heterocycles. The van der Waals surface area contributed by atoms with Crippen molar-refractivity contribution in [3.63, 3.8) is 0 Å². The number of rotatable bonds is 4. The predicted octanol–water partition coefficient (Wildman–Crippen LogP) is 0.599. The zero-order valence-electron chi connectivity index (χ0n) is 11.1. The molecule has 1 aromatic rings. The molecule has 7 heteroatoms. The minimum atomic E-state index is -1.03. The van der Waals surface area contributed by atoms with Gasteiger partial charge in [-0.05, 0) is 25.2 Å². The van der Waals surface area contributed by atoms with Crippen molar-refractivity contribution in [2.45, 2.75) is 37.8 Å². The van der Waals surface area contributed by atoms with Crippen molar-refractivity contribution < 1.29 is 14.7 Å². The van der Waals surface area contributed by atoms with Gasteiger partial charge in [-0.2, -0.15) is 0 Å². The Morgan fingerprint density at radius 2 is 2.40 bits per heavy atom. The third-order valence-corrected chi connectivity index (χ3v) is 4.24. The largest absolute Gasteiger partial charge is 0.480 e. The number of imidazole rings is 1. The van der Waals surface area contributed by atoms with E-state index in [0.717, 1.165) is 19.4 Å². The lowest BCUT2D eigenvalue weighted by Crippen LogP contribution is -2.51. The number of H-pyrrole nitrogens is 1. The standard InChI is InChI=1S/C13H18N4O3/c18-12(19)11(4-9-5-14-7-15-9)16-13(20)17-6-8-1-2-10(17)3-8/h5,7-8,10-11H,1-4,6H2,(H,14,15)(H,16,20)(H,18,19)/t8?,10?,11-/m1/s1. The van der Waals surface area contributed by atoms with E-state index in [4.69, 9.17) is 0 Å². The van der Waals surface area contributed by atoms with Gasteiger partial charge in [0.05, 0.1) is 6.33 Å². The summed E-state index contributed by atoms with van der Waals surface area (Å²) >= 11 is 0. The number of amides is 2. The Balaban J connectivity index is 1.61. The summed E-state index contributed by atoms with van der Waals surface area (Å²) in [4.78, 5) is 32.0. The lowest BCUT2D eigenvalue weighted by Gasteiger charge is -2.28. The first-order valence-electron chi connectivity index (χ1n) is 6.90. The van der Waals surface area contributed by atoms with E-state index in [1.54, 1.807) is 11.1 Å². The van der Waals surface area contributed by atoms with Crippen LogP contribution in [0.1, 0.15) is 25.0 Å². The number of carboxylic acid groups (broad SMARTS) is 1. The molecule has 3 N–H and O–H groups in total. The van der Waals surface area contributed by atoms with Crippen molar-refractivity contribution in [2.75, 3.05) is 6.54 Å². The summed E-state index contributed by atoms with van der Waals surface area (Å²) in [6, 6.07) is -0.896. The number of aromatic amines is 1. The van der Waals surface area contributed by atoms with Crippen molar-refractivity contribution in [3.8, 4) is 0 Å². The summed E-state index contributed by atoms with van der Waals surface area (Å²) in [6.45, 7) is 0.757. The van der Waals surface area contributed by atoms with Crippen LogP contribution in [0.2, 0.25) is 0 Å². The average Bonchev–Trinajstić information content (AvgIpc) is 3.14. The van der Waals surface area contributed by atoms with E-state index in [9.17, 15) is 14.7 Å². The molecule has 1 saturated carbocycles. The number of nitrogens with zero attached hydrogens (tertiary/aromatic N) is 2. The third-order valence-electron chi connectivity index (χ3n) is 4.24. The molecule has 0 radical (unpaired) electrons. The number of aliphatic carboxylic acids is 1. The second kappa shape index (κ2) is 5.15. The molecule has 2 unspecified atom stereocenters. The smallest absolute Gasteiger partial charge is 0.326 e. The van der Waals surface area contributed by atoms with Gasteiger partial charge in [0.25, 0.3) is 0 Å². The fourth-order valence-electron chi connectivity index (χ4n) is 3.22. The van der Waals surface area contributed by atoms with Crippen molar-refractivity contribution in [1.29, 1.82) is 0 Å². The maximum Gasteiger partial charge on any atom is 0.326 e. The van der Waals surface area contributed by atoms with Crippen LogP contribution in [0, 0.1) is 5.92 Å². The van der Waals surface area contributed by atoms with Gasteiger partial charge >= 0.3 is 12.0 Å². The molecule has 2 aliphatic rings. The molecule has 1 saturated heterocycles. The highest BCUT2D eigenvalue weighted by atomic mass is 16.4.